The molecule has 1 heterocycles. The molecule has 0 spiro atoms. The summed E-state index contributed by atoms with van der Waals surface area (Å²) in [6.07, 6.45) is 12.6. The summed E-state index contributed by atoms with van der Waals surface area (Å²) in [6, 6.07) is 7.49. The summed E-state index contributed by atoms with van der Waals surface area (Å²) >= 11 is 5.87. The van der Waals surface area contributed by atoms with Gasteiger partial charge in [0.1, 0.15) is 0 Å². The zero-order chi connectivity index (χ0) is 16.8. The third-order valence-electron chi connectivity index (χ3n) is 4.98. The van der Waals surface area contributed by atoms with E-state index in [4.69, 9.17) is 16.3 Å². The normalized spacial score (nSPS) is 20.6. The van der Waals surface area contributed by atoms with Crippen LogP contribution in [0.15, 0.2) is 30.3 Å². The molecule has 0 radical (unpaired) electrons. The highest BCUT2D eigenvalue weighted by molar-refractivity contribution is 6.30. The number of halogens is 1. The fraction of sp³-hybridized carbons (Fsp3) is 0.550. The summed E-state index contributed by atoms with van der Waals surface area (Å²) in [7, 11) is 0. The van der Waals surface area contributed by atoms with Crippen molar-refractivity contribution in [2.75, 3.05) is 13.1 Å². The molecule has 1 saturated carbocycles. The lowest BCUT2D eigenvalue weighted by atomic mass is 9.97. The van der Waals surface area contributed by atoms with E-state index >= 15 is 0 Å². The Labute approximate surface area is 149 Å². The van der Waals surface area contributed by atoms with Crippen molar-refractivity contribution in [3.63, 3.8) is 0 Å². The van der Waals surface area contributed by atoms with Gasteiger partial charge in [0.15, 0.2) is 0 Å². The van der Waals surface area contributed by atoms with Crippen LogP contribution in [0.3, 0.4) is 0 Å². The molecule has 3 nitrogen and oxygen atoms in total. The van der Waals surface area contributed by atoms with E-state index in [2.05, 4.69) is 0 Å². The van der Waals surface area contributed by atoms with E-state index in [0.717, 1.165) is 31.5 Å². The highest BCUT2D eigenvalue weighted by Gasteiger charge is 2.25. The van der Waals surface area contributed by atoms with E-state index in [1.807, 2.05) is 35.2 Å². The Morgan fingerprint density at radius 1 is 1.00 bits per heavy atom. The molecule has 3 rings (SSSR count). The molecule has 1 aliphatic heterocycles. The first-order chi connectivity index (χ1) is 11.7. The predicted molar refractivity (Wildman–Crippen MR) is 98.0 cm³/mol. The van der Waals surface area contributed by atoms with Gasteiger partial charge in [0, 0.05) is 24.2 Å². The number of nitrogens with zero attached hydrogens (tertiary/aromatic N) is 1. The van der Waals surface area contributed by atoms with Crippen molar-refractivity contribution in [1.29, 1.82) is 0 Å². The summed E-state index contributed by atoms with van der Waals surface area (Å²) in [5.74, 6) is 0.0843. The molecule has 24 heavy (non-hydrogen) atoms. The summed E-state index contributed by atoms with van der Waals surface area (Å²) in [4.78, 5) is 14.2. The van der Waals surface area contributed by atoms with Crippen molar-refractivity contribution in [3.05, 3.63) is 40.9 Å². The number of rotatable bonds is 4. The van der Waals surface area contributed by atoms with Gasteiger partial charge in [-0.05, 0) is 49.5 Å². The second-order valence-corrected chi connectivity index (χ2v) is 7.24. The van der Waals surface area contributed by atoms with Crippen LogP contribution in [0.5, 0.6) is 0 Å². The third-order valence-corrected chi connectivity index (χ3v) is 5.23. The van der Waals surface area contributed by atoms with E-state index < -0.39 is 0 Å². The van der Waals surface area contributed by atoms with Gasteiger partial charge in [-0.25, -0.2) is 0 Å². The number of benzene rings is 1. The molecule has 1 amide bonds. The van der Waals surface area contributed by atoms with Gasteiger partial charge in [0.2, 0.25) is 5.91 Å². The van der Waals surface area contributed by atoms with Crippen molar-refractivity contribution >= 4 is 23.6 Å². The van der Waals surface area contributed by atoms with Gasteiger partial charge in [0.25, 0.3) is 0 Å². The minimum Gasteiger partial charge on any atom is -0.375 e. The molecule has 1 aromatic carbocycles. The molecule has 0 unspecified atom stereocenters. The van der Waals surface area contributed by atoms with Gasteiger partial charge in [-0.15, -0.1) is 0 Å². The van der Waals surface area contributed by atoms with Gasteiger partial charge in [-0.1, -0.05) is 43.0 Å². The fourth-order valence-corrected chi connectivity index (χ4v) is 3.66. The molecule has 4 heteroatoms. The van der Waals surface area contributed by atoms with Crippen LogP contribution in [0.1, 0.15) is 50.5 Å². The Hall–Kier alpha value is -1.32. The molecule has 130 valence electrons. The van der Waals surface area contributed by atoms with Crippen LogP contribution in [0.25, 0.3) is 6.08 Å². The molecule has 2 fully saturated rings. The van der Waals surface area contributed by atoms with Gasteiger partial charge in [-0.2, -0.15) is 0 Å². The first kappa shape index (κ1) is 17.5. The maximum atomic E-state index is 12.3. The highest BCUT2D eigenvalue weighted by atomic mass is 35.5. The van der Waals surface area contributed by atoms with Gasteiger partial charge < -0.3 is 9.64 Å². The average molecular weight is 348 g/mol. The highest BCUT2D eigenvalue weighted by Crippen LogP contribution is 2.24. The van der Waals surface area contributed by atoms with Crippen molar-refractivity contribution < 1.29 is 9.53 Å². The van der Waals surface area contributed by atoms with Crippen LogP contribution >= 0.6 is 11.6 Å². The molecule has 1 aromatic rings. The Kier molecular flexibility index (Phi) is 6.33. The van der Waals surface area contributed by atoms with E-state index in [1.54, 1.807) is 6.08 Å². The lowest BCUT2D eigenvalue weighted by Crippen LogP contribution is -2.41. The monoisotopic (exact) mass is 347 g/mol. The number of hydrogen-bond acceptors (Lipinski definition) is 2. The smallest absolute Gasteiger partial charge is 0.246 e. The van der Waals surface area contributed by atoms with Crippen LogP contribution in [-0.2, 0) is 9.53 Å². The number of carbonyl (C=O) groups excluding carboxylic acids is 1. The molecule has 0 N–H and O–H groups in total. The summed E-state index contributed by atoms with van der Waals surface area (Å²) in [5, 5.41) is 0.707. The molecule has 0 bridgehead atoms. The number of hydrogen-bond donors (Lipinski definition) is 0. The van der Waals surface area contributed by atoms with Crippen molar-refractivity contribution in [2.45, 2.75) is 57.2 Å². The second-order valence-electron chi connectivity index (χ2n) is 6.81. The van der Waals surface area contributed by atoms with E-state index in [1.165, 1.54) is 32.1 Å². The molecule has 2 aliphatic rings. The maximum absolute atomic E-state index is 12.3. The summed E-state index contributed by atoms with van der Waals surface area (Å²) in [5.41, 5.74) is 0.989. The van der Waals surface area contributed by atoms with E-state index in [0.29, 0.717) is 17.2 Å². The Balaban J connectivity index is 1.43. The number of likely N-dealkylation sites (tertiary alicyclic amines) is 1. The first-order valence-corrected chi connectivity index (χ1v) is 9.46. The van der Waals surface area contributed by atoms with Gasteiger partial charge >= 0.3 is 0 Å². The van der Waals surface area contributed by atoms with Crippen molar-refractivity contribution in [1.82, 2.24) is 4.90 Å². The largest absolute Gasteiger partial charge is 0.375 e. The maximum Gasteiger partial charge on any atom is 0.246 e. The van der Waals surface area contributed by atoms with Crippen LogP contribution in [0, 0.1) is 0 Å². The van der Waals surface area contributed by atoms with Crippen LogP contribution in [-0.4, -0.2) is 36.1 Å². The quantitative estimate of drug-likeness (QED) is 0.739. The Bertz CT molecular complexity index is 556. The number of amides is 1. The van der Waals surface area contributed by atoms with E-state index in [9.17, 15) is 4.79 Å². The molecular weight excluding hydrogens is 322 g/mol. The Morgan fingerprint density at radius 3 is 2.29 bits per heavy atom. The van der Waals surface area contributed by atoms with Crippen LogP contribution < -0.4 is 0 Å². The fourth-order valence-electron chi connectivity index (χ4n) is 3.53. The van der Waals surface area contributed by atoms with E-state index in [-0.39, 0.29) is 5.91 Å². The van der Waals surface area contributed by atoms with Crippen LogP contribution in [0.4, 0.5) is 0 Å². The molecule has 0 atom stereocenters. The number of piperidine rings is 1. The zero-order valence-electron chi connectivity index (χ0n) is 14.1. The third kappa shape index (κ3) is 5.09. The number of carbonyl (C=O) groups is 1. The standard InChI is InChI=1S/C20H26ClNO2/c21-17-9-6-16(7-10-17)8-11-20(23)22-14-12-19(13-15-22)24-18-4-2-1-3-5-18/h6-11,18-19H,1-5,12-15H2/b11-8+. The molecule has 1 saturated heterocycles. The molecule has 1 aliphatic carbocycles. The van der Waals surface area contributed by atoms with Crippen molar-refractivity contribution in [3.8, 4) is 0 Å². The SMILES string of the molecule is O=C(/C=C/c1ccc(Cl)cc1)N1CCC(OC2CCCCC2)CC1. The minimum atomic E-state index is 0.0843. The van der Waals surface area contributed by atoms with Gasteiger partial charge in [-0.3, -0.25) is 4.79 Å². The zero-order valence-corrected chi connectivity index (χ0v) is 14.9. The van der Waals surface area contributed by atoms with Gasteiger partial charge in [0.05, 0.1) is 12.2 Å². The first-order valence-electron chi connectivity index (χ1n) is 9.09. The lowest BCUT2D eigenvalue weighted by molar-refractivity contribution is -0.129. The Morgan fingerprint density at radius 2 is 1.62 bits per heavy atom. The minimum absolute atomic E-state index is 0.0843. The van der Waals surface area contributed by atoms with Crippen molar-refractivity contribution in [2.24, 2.45) is 0 Å². The van der Waals surface area contributed by atoms with Crippen LogP contribution in [0.2, 0.25) is 5.02 Å². The summed E-state index contributed by atoms with van der Waals surface area (Å²) in [6.45, 7) is 1.59. The number of ether oxygens (including phenoxy) is 1. The average Bonchev–Trinajstić information content (AvgIpc) is 2.62. The second kappa shape index (κ2) is 8.68. The lowest BCUT2D eigenvalue weighted by Gasteiger charge is -2.34. The molecule has 0 aromatic heterocycles. The predicted octanol–water partition coefficient (Wildman–Crippen LogP) is 4.69. The molecular formula is C20H26ClNO2. The topological polar surface area (TPSA) is 29.5 Å². The summed E-state index contributed by atoms with van der Waals surface area (Å²) < 4.78 is 6.23.